The molecule has 0 saturated carbocycles. The van der Waals surface area contributed by atoms with Crippen LogP contribution in [0.15, 0.2) is 0 Å². The zero-order valence-electron chi connectivity index (χ0n) is 6.88. The quantitative estimate of drug-likeness (QED) is 0.518. The van der Waals surface area contributed by atoms with E-state index in [1.807, 2.05) is 0 Å². The largest absolute Gasteiger partial charge is 0.464 e. The van der Waals surface area contributed by atoms with E-state index in [2.05, 4.69) is 9.72 Å². The van der Waals surface area contributed by atoms with Crippen LogP contribution in [0.3, 0.4) is 0 Å². The first kappa shape index (κ1) is 11.0. The second-order valence-corrected chi connectivity index (χ2v) is 3.25. The number of rotatable bonds is 1. The van der Waals surface area contributed by atoms with Crippen LogP contribution in [-0.4, -0.2) is 25.9 Å². The second-order valence-electron chi connectivity index (χ2n) is 2.22. The van der Waals surface area contributed by atoms with Gasteiger partial charge in [-0.1, -0.05) is 0 Å². The number of alkyl halides is 3. The van der Waals surface area contributed by atoms with Crippen molar-refractivity contribution >= 4 is 29.9 Å². The van der Waals surface area contributed by atoms with Crippen LogP contribution in [0, 0.1) is 0 Å². The predicted octanol–water partition coefficient (Wildman–Crippen LogP) is 0.742. The second kappa shape index (κ2) is 3.60. The van der Waals surface area contributed by atoms with Gasteiger partial charge in [-0.3, -0.25) is 0 Å². The molecule has 0 aliphatic carbocycles. The summed E-state index contributed by atoms with van der Waals surface area (Å²) in [7, 11) is 6.21. The molecule has 0 spiro atoms. The smallest absolute Gasteiger partial charge is 0.443 e. The maximum absolute atomic E-state index is 12.1. The normalized spacial score (nSPS) is 11.4. The summed E-state index contributed by atoms with van der Waals surface area (Å²) in [5, 5.41) is -1.16. The number of nitrogens with zero attached hydrogens (tertiary/aromatic N) is 1. The zero-order chi connectivity index (χ0) is 10.9. The van der Waals surface area contributed by atoms with Crippen LogP contribution in [0.1, 0.15) is 15.5 Å². The number of halogens is 3. The molecule has 3 nitrogen and oxygen atoms in total. The van der Waals surface area contributed by atoms with Crippen molar-refractivity contribution in [2.24, 2.45) is 0 Å². The van der Waals surface area contributed by atoms with Gasteiger partial charge < -0.3 is 4.74 Å². The van der Waals surface area contributed by atoms with Gasteiger partial charge in [0, 0.05) is 0 Å². The highest BCUT2D eigenvalue weighted by Gasteiger charge is 2.36. The molecule has 2 radical (unpaired) electrons. The van der Waals surface area contributed by atoms with Crippen LogP contribution in [0.5, 0.6) is 0 Å². The number of esters is 1. The number of thiazole rings is 1. The lowest BCUT2D eigenvalue weighted by Gasteiger charge is -1.98. The molecule has 14 heavy (non-hydrogen) atoms. The SMILES string of the molecule is [B]c1sc(C(F)(F)F)nc1C(=O)OC. The van der Waals surface area contributed by atoms with Gasteiger partial charge in [0.1, 0.15) is 7.85 Å². The first-order chi connectivity index (χ1) is 6.36. The van der Waals surface area contributed by atoms with Crippen molar-refractivity contribution in [1.82, 2.24) is 4.98 Å². The Kier molecular flexibility index (Phi) is 2.84. The Bertz CT molecular complexity index is 362. The van der Waals surface area contributed by atoms with E-state index in [1.165, 1.54) is 0 Å². The van der Waals surface area contributed by atoms with E-state index < -0.39 is 22.8 Å². The van der Waals surface area contributed by atoms with Crippen LogP contribution in [-0.2, 0) is 10.9 Å². The minimum absolute atomic E-state index is 0.206. The fourth-order valence-corrected chi connectivity index (χ4v) is 1.38. The lowest BCUT2D eigenvalue weighted by atomic mass is 10.1. The van der Waals surface area contributed by atoms with Crippen molar-refractivity contribution in [1.29, 1.82) is 0 Å². The van der Waals surface area contributed by atoms with Gasteiger partial charge in [0.15, 0.2) is 10.7 Å². The number of carbonyl (C=O) groups is 1. The maximum Gasteiger partial charge on any atom is 0.443 e. The Labute approximate surface area is 82.3 Å². The molecule has 0 bridgehead atoms. The number of hydrogen-bond acceptors (Lipinski definition) is 4. The van der Waals surface area contributed by atoms with E-state index in [9.17, 15) is 18.0 Å². The molecule has 8 heteroatoms. The minimum Gasteiger partial charge on any atom is -0.464 e. The molecule has 1 aromatic heterocycles. The number of ether oxygens (including phenoxy) is 1. The third-order valence-electron chi connectivity index (χ3n) is 1.27. The molecule has 0 fully saturated rings. The number of aromatic nitrogens is 1. The molecule has 0 amide bonds. The van der Waals surface area contributed by atoms with Gasteiger partial charge in [0.2, 0.25) is 0 Å². The molecule has 0 aliphatic rings. The molecule has 0 aliphatic heterocycles. The molecule has 0 unspecified atom stereocenters. The van der Waals surface area contributed by atoms with E-state index in [4.69, 9.17) is 7.85 Å². The van der Waals surface area contributed by atoms with E-state index >= 15 is 0 Å². The Hall–Kier alpha value is -1.05. The van der Waals surface area contributed by atoms with Gasteiger partial charge in [-0.2, -0.15) is 13.2 Å². The highest BCUT2D eigenvalue weighted by molar-refractivity contribution is 7.20. The highest BCUT2D eigenvalue weighted by atomic mass is 32.1. The minimum atomic E-state index is -4.59. The van der Waals surface area contributed by atoms with Gasteiger partial charge in [-0.15, -0.1) is 11.3 Å². The average Bonchev–Trinajstić information content (AvgIpc) is 2.45. The zero-order valence-corrected chi connectivity index (χ0v) is 7.70. The maximum atomic E-state index is 12.1. The van der Waals surface area contributed by atoms with Gasteiger partial charge in [0.05, 0.1) is 7.11 Å². The Morgan fingerprint density at radius 2 is 2.14 bits per heavy atom. The first-order valence-corrected chi connectivity index (χ1v) is 4.09. The van der Waals surface area contributed by atoms with E-state index in [0.29, 0.717) is 0 Å². The van der Waals surface area contributed by atoms with Crippen molar-refractivity contribution < 1.29 is 22.7 Å². The molecule has 1 heterocycles. The fourth-order valence-electron chi connectivity index (χ4n) is 0.696. The van der Waals surface area contributed by atoms with Crippen molar-refractivity contribution in [2.75, 3.05) is 7.11 Å². The third kappa shape index (κ3) is 2.06. The van der Waals surface area contributed by atoms with E-state index in [1.54, 1.807) is 0 Å². The summed E-state index contributed by atoms with van der Waals surface area (Å²) in [6.07, 6.45) is -4.59. The van der Waals surface area contributed by atoms with Crippen LogP contribution in [0.25, 0.3) is 0 Å². The van der Waals surface area contributed by atoms with Crippen LogP contribution in [0.4, 0.5) is 13.2 Å². The monoisotopic (exact) mass is 221 g/mol. The molecular weight excluding hydrogens is 218 g/mol. The molecule has 1 aromatic rings. The van der Waals surface area contributed by atoms with Crippen LogP contribution >= 0.6 is 11.3 Å². The summed E-state index contributed by atoms with van der Waals surface area (Å²) in [5.41, 5.74) is -0.496. The topological polar surface area (TPSA) is 39.2 Å². The molecule has 0 saturated heterocycles. The third-order valence-corrected chi connectivity index (χ3v) is 2.20. The number of carbonyl (C=O) groups excluding carboxylic acids is 1. The summed E-state index contributed by atoms with van der Waals surface area (Å²) < 4.78 is 40.2. The van der Waals surface area contributed by atoms with Gasteiger partial charge >= 0.3 is 12.1 Å². The Morgan fingerprint density at radius 1 is 1.57 bits per heavy atom. The van der Waals surface area contributed by atoms with Gasteiger partial charge in [-0.05, 0) is 4.78 Å². The summed E-state index contributed by atoms with van der Waals surface area (Å²) in [6.45, 7) is 0. The molecule has 74 valence electrons. The Balaban J connectivity index is 3.12. The molecule has 0 atom stereocenters. The molecule has 1 rings (SSSR count). The van der Waals surface area contributed by atoms with Crippen LogP contribution < -0.4 is 4.78 Å². The van der Waals surface area contributed by atoms with Crippen molar-refractivity contribution in [3.63, 3.8) is 0 Å². The van der Waals surface area contributed by atoms with E-state index in [0.717, 1.165) is 7.11 Å². The average molecular weight is 221 g/mol. The van der Waals surface area contributed by atoms with Crippen molar-refractivity contribution in [2.45, 2.75) is 6.18 Å². The van der Waals surface area contributed by atoms with Gasteiger partial charge in [-0.25, -0.2) is 9.78 Å². The number of methoxy groups -OCH3 is 1. The van der Waals surface area contributed by atoms with Gasteiger partial charge in [0.25, 0.3) is 0 Å². The lowest BCUT2D eigenvalue weighted by Crippen LogP contribution is -2.13. The standard InChI is InChI=1S/C6H3BF3NO2S/c1-13-4(12)2-3(7)14-5(11-2)6(8,9)10/h1H3. The van der Waals surface area contributed by atoms with Crippen molar-refractivity contribution in [3.8, 4) is 0 Å². The summed E-state index contributed by atoms with van der Waals surface area (Å²) in [6, 6.07) is 0. The van der Waals surface area contributed by atoms with E-state index in [-0.39, 0.29) is 16.1 Å². The lowest BCUT2D eigenvalue weighted by molar-refractivity contribution is -0.137. The fraction of sp³-hybridized carbons (Fsp3) is 0.333. The molecular formula is C6H3BF3NO2S. The summed E-state index contributed by atoms with van der Waals surface area (Å²) in [5.74, 6) is -0.978. The summed E-state index contributed by atoms with van der Waals surface area (Å²) >= 11 is 0.206. The Morgan fingerprint density at radius 3 is 2.50 bits per heavy atom. The molecule has 0 aromatic carbocycles. The van der Waals surface area contributed by atoms with Crippen molar-refractivity contribution in [3.05, 3.63) is 10.7 Å². The van der Waals surface area contributed by atoms with Crippen LogP contribution in [0.2, 0.25) is 0 Å². The number of hydrogen-bond donors (Lipinski definition) is 0. The first-order valence-electron chi connectivity index (χ1n) is 3.28. The predicted molar refractivity (Wildman–Crippen MR) is 43.8 cm³/mol. The highest BCUT2D eigenvalue weighted by Crippen LogP contribution is 2.30. The molecule has 0 N–H and O–H groups in total. The summed E-state index contributed by atoms with van der Waals surface area (Å²) in [4.78, 5) is 13.9.